The molecular weight excluding hydrogens is 712 g/mol. The molecule has 0 aliphatic rings. The van der Waals surface area contributed by atoms with Gasteiger partial charge in [0.25, 0.3) is 0 Å². The Morgan fingerprint density at radius 2 is 0.953 bits per heavy atom. The van der Waals surface area contributed by atoms with Gasteiger partial charge in [0.05, 0.1) is 22.8 Å². The summed E-state index contributed by atoms with van der Waals surface area (Å²) >= 11 is 0. The molecule has 0 saturated heterocycles. The van der Waals surface area contributed by atoms with Gasteiger partial charge in [-0.2, -0.15) is 0 Å². The average Bonchev–Trinajstić information content (AvgIpc) is 3.03. The van der Waals surface area contributed by atoms with Gasteiger partial charge < -0.3 is 10.2 Å². The number of aromatic nitrogens is 2. The van der Waals surface area contributed by atoms with Crippen molar-refractivity contribution in [1.82, 2.24) is 9.97 Å². The second kappa shape index (κ2) is 12.7. The van der Waals surface area contributed by atoms with Gasteiger partial charge in [0.1, 0.15) is 11.5 Å². The zero-order valence-corrected chi connectivity index (χ0v) is 27.2. The maximum absolute atomic E-state index is 11.0. The summed E-state index contributed by atoms with van der Waals surface area (Å²) in [5.74, 6) is 1.14. The summed E-state index contributed by atoms with van der Waals surface area (Å²) in [7, 11) is 0. The summed E-state index contributed by atoms with van der Waals surface area (Å²) in [4.78, 5) is 10.4. The number of nitrogens with zero attached hydrogens (tertiary/aromatic N) is 2. The number of hydrogen-bond donors (Lipinski definition) is 2. The van der Waals surface area contributed by atoms with Crippen molar-refractivity contribution in [3.63, 3.8) is 0 Å². The predicted molar refractivity (Wildman–Crippen MR) is 174 cm³/mol. The van der Waals surface area contributed by atoms with Gasteiger partial charge >= 0.3 is 0 Å². The fourth-order valence-electron chi connectivity index (χ4n) is 5.64. The molecule has 5 heteroatoms. The van der Waals surface area contributed by atoms with Crippen LogP contribution in [-0.2, 0) is 21.1 Å². The number of fused-ring (bicyclic) bond motifs is 2. The van der Waals surface area contributed by atoms with E-state index in [1.807, 2.05) is 48.5 Å². The van der Waals surface area contributed by atoms with Crippen LogP contribution in [0.1, 0.15) is 63.5 Å². The molecule has 2 N–H and O–H groups in total. The Balaban J connectivity index is 0.00000368. The van der Waals surface area contributed by atoms with E-state index in [4.69, 9.17) is 9.97 Å². The molecule has 2 unspecified atom stereocenters. The van der Waals surface area contributed by atoms with Crippen molar-refractivity contribution in [1.29, 1.82) is 0 Å². The molecule has 0 fully saturated rings. The molecule has 43 heavy (non-hydrogen) atoms. The molecule has 2 atom stereocenters. The van der Waals surface area contributed by atoms with Crippen LogP contribution in [0.4, 0.5) is 0 Å². The standard InChI is InChI=1S/C38H36N2O2.Pt/c1-5-23(3)25-15-17-35(41)31(19-25)33-21-27-11-7-9-13-29(27)37(39-33)38-30-14-10-8-12-28(30)22-34(40-38)32-20-26(24(4)6-2)16-18-36(32)42;/h7-24,41-42H,5-6H2,1-4H3;. The third-order valence-corrected chi connectivity index (χ3v) is 8.66. The molecule has 6 rings (SSSR count). The third-order valence-electron chi connectivity index (χ3n) is 8.66. The first kappa shape index (κ1) is 30.4. The first-order valence-electron chi connectivity index (χ1n) is 14.8. The summed E-state index contributed by atoms with van der Waals surface area (Å²) in [6, 6.07) is 32.1. The Morgan fingerprint density at radius 1 is 0.558 bits per heavy atom. The van der Waals surface area contributed by atoms with Crippen molar-refractivity contribution >= 4 is 21.5 Å². The van der Waals surface area contributed by atoms with Crippen LogP contribution in [0.3, 0.4) is 0 Å². The topological polar surface area (TPSA) is 66.2 Å². The van der Waals surface area contributed by atoms with E-state index in [0.717, 1.165) is 45.8 Å². The van der Waals surface area contributed by atoms with E-state index >= 15 is 0 Å². The maximum Gasteiger partial charge on any atom is 0.124 e. The van der Waals surface area contributed by atoms with E-state index in [-0.39, 0.29) is 32.6 Å². The second-order valence-electron chi connectivity index (χ2n) is 11.3. The van der Waals surface area contributed by atoms with Crippen molar-refractivity contribution < 1.29 is 31.3 Å². The van der Waals surface area contributed by atoms with Crippen molar-refractivity contribution in [3.8, 4) is 45.4 Å². The number of rotatable bonds is 7. The van der Waals surface area contributed by atoms with E-state index in [1.54, 1.807) is 12.1 Å². The van der Waals surface area contributed by atoms with E-state index in [0.29, 0.717) is 34.4 Å². The van der Waals surface area contributed by atoms with E-state index < -0.39 is 0 Å². The Hall–Kier alpha value is -4.01. The van der Waals surface area contributed by atoms with Gasteiger partial charge in [-0.3, -0.25) is 0 Å². The molecule has 4 aromatic carbocycles. The van der Waals surface area contributed by atoms with Crippen molar-refractivity contribution in [2.24, 2.45) is 0 Å². The fraction of sp³-hybridized carbons (Fsp3) is 0.211. The minimum Gasteiger partial charge on any atom is -0.507 e. The smallest absolute Gasteiger partial charge is 0.124 e. The van der Waals surface area contributed by atoms with Crippen LogP contribution in [0.25, 0.3) is 55.4 Å². The van der Waals surface area contributed by atoms with Crippen molar-refractivity contribution in [2.75, 3.05) is 0 Å². The Kier molecular flexibility index (Phi) is 8.99. The quantitative estimate of drug-likeness (QED) is 0.171. The van der Waals surface area contributed by atoms with Crippen LogP contribution in [-0.4, -0.2) is 20.2 Å². The van der Waals surface area contributed by atoms with Crippen LogP contribution >= 0.6 is 0 Å². The molecule has 0 bridgehead atoms. The molecule has 0 spiro atoms. The van der Waals surface area contributed by atoms with E-state index in [2.05, 4.69) is 64.1 Å². The van der Waals surface area contributed by atoms with Crippen molar-refractivity contribution in [2.45, 2.75) is 52.4 Å². The zero-order chi connectivity index (χ0) is 29.4. The summed E-state index contributed by atoms with van der Waals surface area (Å²) in [6.45, 7) is 8.73. The van der Waals surface area contributed by atoms with Crippen LogP contribution in [0.15, 0.2) is 97.1 Å². The zero-order valence-electron chi connectivity index (χ0n) is 24.9. The van der Waals surface area contributed by atoms with E-state index in [9.17, 15) is 10.2 Å². The summed E-state index contributed by atoms with van der Waals surface area (Å²) in [5, 5.41) is 25.9. The minimum atomic E-state index is 0. The number of phenolic OH excluding ortho intramolecular Hbond substituents is 2. The second-order valence-corrected chi connectivity index (χ2v) is 11.3. The normalized spacial score (nSPS) is 12.7. The van der Waals surface area contributed by atoms with Gasteiger partial charge in [0, 0.05) is 43.0 Å². The molecule has 2 aromatic heterocycles. The number of benzene rings is 4. The molecule has 220 valence electrons. The van der Waals surface area contributed by atoms with Gasteiger partial charge in [-0.15, -0.1) is 0 Å². The SMILES string of the molecule is CCC(C)c1ccc(O)c(-c2cc3ccccc3c(-c3nc(-c4cc(C(C)CC)ccc4O)cc4ccccc34)n2)c1.[Pt]. The summed E-state index contributed by atoms with van der Waals surface area (Å²) in [6.07, 6.45) is 2.02. The molecule has 0 amide bonds. The molecule has 2 heterocycles. The van der Waals surface area contributed by atoms with Crippen LogP contribution in [0.2, 0.25) is 0 Å². The van der Waals surface area contributed by atoms with E-state index in [1.165, 1.54) is 11.1 Å². The predicted octanol–water partition coefficient (Wildman–Crippen LogP) is 10.2. The Labute approximate surface area is 267 Å². The summed E-state index contributed by atoms with van der Waals surface area (Å²) < 4.78 is 0. The third kappa shape index (κ3) is 5.81. The Morgan fingerprint density at radius 3 is 1.35 bits per heavy atom. The number of phenols is 2. The molecule has 4 nitrogen and oxygen atoms in total. The molecular formula is C38H36N2O2Pt. The number of pyridine rings is 2. The molecule has 0 saturated carbocycles. The van der Waals surface area contributed by atoms with Crippen LogP contribution < -0.4 is 0 Å². The molecule has 0 radical (unpaired) electrons. The first-order chi connectivity index (χ1) is 20.4. The largest absolute Gasteiger partial charge is 0.507 e. The fourth-order valence-corrected chi connectivity index (χ4v) is 5.64. The van der Waals surface area contributed by atoms with Gasteiger partial charge in [0.15, 0.2) is 0 Å². The number of aromatic hydroxyl groups is 2. The Bertz CT molecular complexity index is 1790. The molecule has 6 aromatic rings. The first-order valence-corrected chi connectivity index (χ1v) is 14.8. The number of hydrogen-bond acceptors (Lipinski definition) is 4. The van der Waals surface area contributed by atoms with Gasteiger partial charge in [-0.1, -0.05) is 88.4 Å². The van der Waals surface area contributed by atoms with Crippen molar-refractivity contribution in [3.05, 3.63) is 108 Å². The van der Waals surface area contributed by atoms with Gasteiger partial charge in [-0.05, 0) is 83.0 Å². The minimum absolute atomic E-state index is 0. The van der Waals surface area contributed by atoms with Gasteiger partial charge in [0.2, 0.25) is 0 Å². The van der Waals surface area contributed by atoms with Crippen LogP contribution in [0.5, 0.6) is 11.5 Å². The van der Waals surface area contributed by atoms with Crippen LogP contribution in [0, 0.1) is 0 Å². The average molecular weight is 748 g/mol. The monoisotopic (exact) mass is 747 g/mol. The molecule has 0 aliphatic heterocycles. The molecule has 0 aliphatic carbocycles. The summed E-state index contributed by atoms with van der Waals surface area (Å²) in [5.41, 5.74) is 6.64. The maximum atomic E-state index is 11.0. The van der Waals surface area contributed by atoms with Gasteiger partial charge in [-0.25, -0.2) is 9.97 Å².